The Kier molecular flexibility index (Phi) is 2.90. The Morgan fingerprint density at radius 1 is 1.55 bits per heavy atom. The maximum absolute atomic E-state index is 7.20. The second kappa shape index (κ2) is 3.55. The Morgan fingerprint density at radius 2 is 2.18 bits per heavy atom. The van der Waals surface area contributed by atoms with E-state index >= 15 is 0 Å². The molecule has 0 aromatic rings. The number of alkyl halides is 2. The topological polar surface area (TPSA) is 49.9 Å². The summed E-state index contributed by atoms with van der Waals surface area (Å²) in [6.45, 7) is 0. The second-order valence-electron chi connectivity index (χ2n) is 2.78. The maximum atomic E-state index is 7.20. The minimum Gasteiger partial charge on any atom is -0.348 e. The van der Waals surface area contributed by atoms with E-state index in [4.69, 9.17) is 34.3 Å². The molecule has 0 bridgehead atoms. The van der Waals surface area contributed by atoms with Crippen molar-refractivity contribution in [2.75, 3.05) is 0 Å². The van der Waals surface area contributed by atoms with Gasteiger partial charge in [-0.2, -0.15) is 0 Å². The van der Waals surface area contributed by atoms with E-state index in [2.05, 4.69) is 0 Å². The van der Waals surface area contributed by atoms with Crippen LogP contribution >= 0.6 is 23.2 Å². The van der Waals surface area contributed by atoms with Gasteiger partial charge < -0.3 is 5.73 Å². The predicted molar refractivity (Wildman–Crippen MR) is 48.3 cm³/mol. The highest BCUT2D eigenvalue weighted by Gasteiger charge is 2.40. The molecule has 4 heteroatoms. The molecule has 2 nitrogen and oxygen atoms in total. The summed E-state index contributed by atoms with van der Waals surface area (Å²) < 4.78 is 0. The van der Waals surface area contributed by atoms with Crippen LogP contribution in [0, 0.1) is 11.3 Å². The molecule has 0 radical (unpaired) electrons. The first-order chi connectivity index (χ1) is 5.11. The molecule has 62 valence electrons. The molecular weight excluding hydrogens is 183 g/mol. The molecule has 1 fully saturated rings. The first kappa shape index (κ1) is 9.01. The number of hydrogen-bond donors (Lipinski definition) is 2. The average Bonchev–Trinajstić information content (AvgIpc) is 1.85. The smallest absolute Gasteiger partial charge is 0.285 e. The molecule has 0 aromatic carbocycles. The molecule has 2 atom stereocenters. The summed E-state index contributed by atoms with van der Waals surface area (Å²) in [5.41, 5.74) is 5.32. The van der Waals surface area contributed by atoms with Gasteiger partial charge in [-0.1, -0.05) is 11.6 Å². The number of rotatable bonds is 1. The van der Waals surface area contributed by atoms with Gasteiger partial charge in [-0.3, -0.25) is 0 Å². The van der Waals surface area contributed by atoms with Crippen LogP contribution < -0.4 is 5.73 Å². The molecule has 11 heavy (non-hydrogen) atoms. The fourth-order valence-corrected chi connectivity index (χ4v) is 2.08. The fourth-order valence-electron chi connectivity index (χ4n) is 1.26. The summed E-state index contributed by atoms with van der Waals surface area (Å²) in [6.07, 6.45) is 2.40. The van der Waals surface area contributed by atoms with Gasteiger partial charge in [0.2, 0.25) is 0 Å². The molecule has 1 rings (SSSR count). The standard InChI is InChI=1S/C7H11Cl2N2/c8-4-1-2-5(7(10)11)6(9)3-4/h4,6H,1-3H2,(H3,10,11)/q+1. The number of nitrogens with two attached hydrogens (primary N) is 1. The Hall–Kier alpha value is -0.0800. The van der Waals surface area contributed by atoms with Crippen molar-refractivity contribution in [1.82, 2.24) is 0 Å². The summed E-state index contributed by atoms with van der Waals surface area (Å²) in [6, 6.07) is 0. The lowest BCUT2D eigenvalue weighted by Crippen LogP contribution is -2.33. The van der Waals surface area contributed by atoms with Crippen molar-refractivity contribution in [3.63, 3.8) is 0 Å². The molecule has 1 aliphatic carbocycles. The summed E-state index contributed by atoms with van der Waals surface area (Å²) in [5, 5.41) is 7.23. The zero-order valence-electron chi connectivity index (χ0n) is 6.11. The largest absolute Gasteiger partial charge is 0.348 e. The zero-order valence-corrected chi connectivity index (χ0v) is 7.62. The van der Waals surface area contributed by atoms with E-state index in [-0.39, 0.29) is 16.6 Å². The Morgan fingerprint density at radius 3 is 2.64 bits per heavy atom. The molecule has 0 aromatic heterocycles. The van der Waals surface area contributed by atoms with E-state index in [0.29, 0.717) is 0 Å². The SMILES string of the molecule is N=C(N)[C+]1CCC(Cl)CC1Cl. The molecule has 3 N–H and O–H groups in total. The van der Waals surface area contributed by atoms with Crippen molar-refractivity contribution in [3.8, 4) is 0 Å². The van der Waals surface area contributed by atoms with Gasteiger partial charge in [-0.15, -0.1) is 11.6 Å². The lowest BCUT2D eigenvalue weighted by Gasteiger charge is -2.19. The highest BCUT2D eigenvalue weighted by atomic mass is 35.5. The van der Waals surface area contributed by atoms with Gasteiger partial charge in [0.1, 0.15) is 6.42 Å². The van der Waals surface area contributed by atoms with Crippen LogP contribution in [0.5, 0.6) is 0 Å². The van der Waals surface area contributed by atoms with Crippen LogP contribution in [-0.2, 0) is 0 Å². The normalized spacial score (nSPS) is 32.0. The Labute approximate surface area is 76.6 Å². The summed E-state index contributed by atoms with van der Waals surface area (Å²) in [5.74, 6) is 0.970. The molecular formula is C7H11Cl2N2+. The Balaban J connectivity index is 2.50. The van der Waals surface area contributed by atoms with Crippen LogP contribution in [0.1, 0.15) is 19.3 Å². The molecule has 0 saturated heterocycles. The average molecular weight is 194 g/mol. The molecule has 2 unspecified atom stereocenters. The van der Waals surface area contributed by atoms with Gasteiger partial charge in [-0.05, 0) is 0 Å². The number of halogens is 2. The summed E-state index contributed by atoms with van der Waals surface area (Å²) >= 11 is 11.8. The monoisotopic (exact) mass is 193 g/mol. The van der Waals surface area contributed by atoms with Gasteiger partial charge in [0.25, 0.3) is 5.84 Å². The minimum atomic E-state index is -0.122. The van der Waals surface area contributed by atoms with Gasteiger partial charge in [0.05, 0.1) is 0 Å². The van der Waals surface area contributed by atoms with E-state index in [1.807, 2.05) is 0 Å². The maximum Gasteiger partial charge on any atom is 0.285 e. The third-order valence-corrected chi connectivity index (χ3v) is 2.75. The van der Waals surface area contributed by atoms with Gasteiger partial charge >= 0.3 is 0 Å². The summed E-state index contributed by atoms with van der Waals surface area (Å²) in [4.78, 5) is 0. The van der Waals surface area contributed by atoms with Crippen molar-refractivity contribution < 1.29 is 0 Å². The van der Waals surface area contributed by atoms with Crippen LogP contribution in [0.15, 0.2) is 0 Å². The molecule has 0 aliphatic heterocycles. The quantitative estimate of drug-likeness (QED) is 0.285. The highest BCUT2D eigenvalue weighted by Crippen LogP contribution is 2.32. The first-order valence-electron chi connectivity index (χ1n) is 3.59. The van der Waals surface area contributed by atoms with Crippen molar-refractivity contribution in [1.29, 1.82) is 5.41 Å². The van der Waals surface area contributed by atoms with Crippen LogP contribution in [0.25, 0.3) is 0 Å². The minimum absolute atomic E-state index is 0.119. The van der Waals surface area contributed by atoms with Crippen LogP contribution in [0.2, 0.25) is 0 Å². The zero-order chi connectivity index (χ0) is 8.43. The molecule has 0 amide bonds. The van der Waals surface area contributed by atoms with Crippen molar-refractivity contribution in [3.05, 3.63) is 5.92 Å². The molecule has 0 spiro atoms. The van der Waals surface area contributed by atoms with E-state index in [0.717, 1.165) is 25.2 Å². The lowest BCUT2D eigenvalue weighted by molar-refractivity contribution is 0.578. The van der Waals surface area contributed by atoms with E-state index in [9.17, 15) is 0 Å². The van der Waals surface area contributed by atoms with Crippen LogP contribution in [-0.4, -0.2) is 16.6 Å². The van der Waals surface area contributed by atoms with Crippen molar-refractivity contribution in [2.24, 2.45) is 5.73 Å². The van der Waals surface area contributed by atoms with Gasteiger partial charge in [-0.25, -0.2) is 5.41 Å². The Bertz CT molecular complexity index is 161. The van der Waals surface area contributed by atoms with Crippen LogP contribution in [0.4, 0.5) is 0 Å². The van der Waals surface area contributed by atoms with E-state index in [1.54, 1.807) is 0 Å². The van der Waals surface area contributed by atoms with Gasteiger partial charge in [0.15, 0.2) is 11.3 Å². The predicted octanol–water partition coefficient (Wildman–Crippen LogP) is 1.90. The number of amidine groups is 1. The summed E-state index contributed by atoms with van der Waals surface area (Å²) in [7, 11) is 0. The second-order valence-corrected chi connectivity index (χ2v) is 3.92. The third kappa shape index (κ3) is 2.17. The lowest BCUT2D eigenvalue weighted by atomic mass is 9.88. The van der Waals surface area contributed by atoms with Crippen molar-refractivity contribution >= 4 is 29.0 Å². The molecule has 0 heterocycles. The third-order valence-electron chi connectivity index (χ3n) is 1.91. The fraction of sp³-hybridized carbons (Fsp3) is 0.714. The first-order valence-corrected chi connectivity index (χ1v) is 4.46. The van der Waals surface area contributed by atoms with E-state index in [1.165, 1.54) is 0 Å². The van der Waals surface area contributed by atoms with Crippen molar-refractivity contribution in [2.45, 2.75) is 30.0 Å². The number of nitrogens with one attached hydrogen (secondary N) is 1. The van der Waals surface area contributed by atoms with Crippen LogP contribution in [0.3, 0.4) is 0 Å². The molecule has 1 aliphatic rings. The molecule has 1 saturated carbocycles. The van der Waals surface area contributed by atoms with Gasteiger partial charge in [0, 0.05) is 18.2 Å². The number of hydrogen-bond acceptors (Lipinski definition) is 1. The van der Waals surface area contributed by atoms with E-state index < -0.39 is 0 Å². The highest BCUT2D eigenvalue weighted by molar-refractivity contribution is 6.26.